The quantitative estimate of drug-likeness (QED) is 0.784. The average molecular weight is 346 g/mol. The van der Waals surface area contributed by atoms with Crippen molar-refractivity contribution in [3.05, 3.63) is 16.5 Å². The number of aromatic nitrogens is 3. The monoisotopic (exact) mass is 345 g/mol. The highest BCUT2D eigenvalue weighted by Crippen LogP contribution is 2.38. The van der Waals surface area contributed by atoms with E-state index in [1.54, 1.807) is 15.9 Å². The number of nitrogens with zero attached hydrogens (tertiary/aromatic N) is 3. The Kier molecular flexibility index (Phi) is 3.42. The van der Waals surface area contributed by atoms with Gasteiger partial charge in [-0.3, -0.25) is 4.57 Å². The van der Waals surface area contributed by atoms with Crippen molar-refractivity contribution in [3.8, 4) is 10.7 Å². The van der Waals surface area contributed by atoms with Crippen LogP contribution in [0.25, 0.3) is 10.7 Å². The molecule has 1 aliphatic carbocycles. The number of halogens is 1. The van der Waals surface area contributed by atoms with E-state index in [9.17, 15) is 8.42 Å². The summed E-state index contributed by atoms with van der Waals surface area (Å²) in [5.74, 6) is 0.570. The topological polar surface area (TPSA) is 64.8 Å². The second-order valence-electron chi connectivity index (χ2n) is 6.16. The van der Waals surface area contributed by atoms with Gasteiger partial charge in [-0.1, -0.05) is 0 Å². The fourth-order valence-electron chi connectivity index (χ4n) is 2.63. The van der Waals surface area contributed by atoms with Crippen LogP contribution < -0.4 is 0 Å². The summed E-state index contributed by atoms with van der Waals surface area (Å²) < 4.78 is 25.1. The lowest BCUT2D eigenvalue weighted by atomic mass is 10.1. The van der Waals surface area contributed by atoms with Gasteiger partial charge >= 0.3 is 0 Å². The van der Waals surface area contributed by atoms with Crippen LogP contribution in [0.4, 0.5) is 0 Å². The summed E-state index contributed by atoms with van der Waals surface area (Å²) in [5.41, 5.74) is 0.860. The molecule has 0 N–H and O–H groups in total. The molecule has 5 nitrogen and oxygen atoms in total. The molecular formula is C13H16ClN3O2S2. The number of thiophene rings is 1. The summed E-state index contributed by atoms with van der Waals surface area (Å²) in [6.45, 7) is 5.73. The van der Waals surface area contributed by atoms with Crippen molar-refractivity contribution in [1.82, 2.24) is 14.8 Å². The minimum absolute atomic E-state index is 0.194. The predicted molar refractivity (Wildman–Crippen MR) is 83.4 cm³/mol. The highest BCUT2D eigenvalue weighted by Gasteiger charge is 2.31. The SMILES string of the molecule is CC(C)(C)n1c(-c2cc3c(s2)CCC3)nnc1S(=O)(=O)Cl. The zero-order chi connectivity index (χ0) is 15.4. The first-order chi connectivity index (χ1) is 9.68. The normalized spacial score (nSPS) is 15.4. The molecule has 3 rings (SSSR count). The Bertz CT molecular complexity index is 778. The van der Waals surface area contributed by atoms with Crippen molar-refractivity contribution in [3.63, 3.8) is 0 Å². The van der Waals surface area contributed by atoms with Gasteiger partial charge in [0, 0.05) is 21.1 Å². The molecule has 114 valence electrons. The Balaban J connectivity index is 2.21. The molecule has 1 aliphatic rings. The summed E-state index contributed by atoms with van der Waals surface area (Å²) in [5, 5.41) is 7.71. The molecule has 0 saturated carbocycles. The second-order valence-corrected chi connectivity index (χ2v) is 9.76. The largest absolute Gasteiger partial charge is 0.296 e. The van der Waals surface area contributed by atoms with Gasteiger partial charge in [-0.2, -0.15) is 0 Å². The molecule has 21 heavy (non-hydrogen) atoms. The van der Waals surface area contributed by atoms with Gasteiger partial charge in [0.1, 0.15) is 0 Å². The zero-order valence-electron chi connectivity index (χ0n) is 12.1. The second kappa shape index (κ2) is 4.79. The van der Waals surface area contributed by atoms with E-state index in [1.165, 1.54) is 16.9 Å². The van der Waals surface area contributed by atoms with E-state index in [0.717, 1.165) is 17.7 Å². The number of hydrogen-bond donors (Lipinski definition) is 0. The molecule has 0 atom stereocenters. The minimum atomic E-state index is -3.93. The smallest absolute Gasteiger partial charge is 0.291 e. The van der Waals surface area contributed by atoms with Crippen molar-refractivity contribution >= 4 is 31.1 Å². The van der Waals surface area contributed by atoms with E-state index in [1.807, 2.05) is 20.8 Å². The van der Waals surface area contributed by atoms with Gasteiger partial charge in [-0.05, 0) is 51.7 Å². The van der Waals surface area contributed by atoms with Crippen LogP contribution in [0.15, 0.2) is 11.2 Å². The highest BCUT2D eigenvalue weighted by molar-refractivity contribution is 8.13. The highest BCUT2D eigenvalue weighted by atomic mass is 35.7. The summed E-state index contributed by atoms with van der Waals surface area (Å²) in [6.07, 6.45) is 3.36. The van der Waals surface area contributed by atoms with Gasteiger partial charge in [-0.15, -0.1) is 21.5 Å². The summed E-state index contributed by atoms with van der Waals surface area (Å²) in [7, 11) is 1.57. The molecule has 0 saturated heterocycles. The molecule has 0 aliphatic heterocycles. The van der Waals surface area contributed by atoms with Gasteiger partial charge in [-0.25, -0.2) is 8.42 Å². The third-order valence-corrected chi connectivity index (χ3v) is 5.84. The van der Waals surface area contributed by atoms with Crippen molar-refractivity contribution in [2.75, 3.05) is 0 Å². The number of rotatable bonds is 2. The fourth-order valence-corrected chi connectivity index (χ4v) is 4.88. The summed E-state index contributed by atoms with van der Waals surface area (Å²) >= 11 is 1.67. The van der Waals surface area contributed by atoms with Crippen molar-refractivity contribution in [2.45, 2.75) is 50.7 Å². The molecule has 0 aromatic carbocycles. The Hall–Kier alpha value is -0.920. The molecule has 0 unspecified atom stereocenters. The standard InChI is InChI=1S/C13H16ClN3O2S2/c1-13(2,3)17-11(15-16-12(17)21(14,18)19)10-7-8-5-4-6-9(8)20-10/h7H,4-6H2,1-3H3. The number of fused-ring (bicyclic) bond motifs is 1. The molecule has 0 radical (unpaired) electrons. The molecule has 0 amide bonds. The Morgan fingerprint density at radius 3 is 2.57 bits per heavy atom. The van der Waals surface area contributed by atoms with E-state index in [0.29, 0.717) is 5.82 Å². The van der Waals surface area contributed by atoms with Crippen LogP contribution in [0.5, 0.6) is 0 Å². The number of aryl methyl sites for hydroxylation is 2. The van der Waals surface area contributed by atoms with E-state index >= 15 is 0 Å². The number of hydrogen-bond acceptors (Lipinski definition) is 5. The zero-order valence-corrected chi connectivity index (χ0v) is 14.4. The van der Waals surface area contributed by atoms with Gasteiger partial charge in [0.05, 0.1) is 4.88 Å². The van der Waals surface area contributed by atoms with Crippen molar-refractivity contribution in [2.24, 2.45) is 0 Å². The van der Waals surface area contributed by atoms with Crippen LogP contribution in [0, 0.1) is 0 Å². The van der Waals surface area contributed by atoms with Crippen LogP contribution in [-0.2, 0) is 27.4 Å². The average Bonchev–Trinajstić information content (AvgIpc) is 2.99. The maximum atomic E-state index is 11.7. The Labute approximate surface area is 132 Å². The molecule has 2 aromatic rings. The van der Waals surface area contributed by atoms with Crippen molar-refractivity contribution in [1.29, 1.82) is 0 Å². The minimum Gasteiger partial charge on any atom is -0.291 e. The van der Waals surface area contributed by atoms with Gasteiger partial charge < -0.3 is 0 Å². The first-order valence-electron chi connectivity index (χ1n) is 6.70. The third kappa shape index (κ3) is 2.62. The molecule has 2 heterocycles. The lowest BCUT2D eigenvalue weighted by Crippen LogP contribution is -2.25. The van der Waals surface area contributed by atoms with Crippen LogP contribution in [0.1, 0.15) is 37.6 Å². The van der Waals surface area contributed by atoms with E-state index < -0.39 is 14.6 Å². The first-order valence-corrected chi connectivity index (χ1v) is 9.83. The maximum absolute atomic E-state index is 11.7. The van der Waals surface area contributed by atoms with Crippen LogP contribution in [0.3, 0.4) is 0 Å². The van der Waals surface area contributed by atoms with E-state index in [4.69, 9.17) is 10.7 Å². The van der Waals surface area contributed by atoms with Crippen LogP contribution in [0.2, 0.25) is 0 Å². The summed E-state index contributed by atoms with van der Waals surface area (Å²) in [6, 6.07) is 2.10. The Morgan fingerprint density at radius 1 is 1.29 bits per heavy atom. The van der Waals surface area contributed by atoms with Gasteiger partial charge in [0.25, 0.3) is 14.2 Å². The molecule has 2 aromatic heterocycles. The van der Waals surface area contributed by atoms with Crippen LogP contribution >= 0.6 is 22.0 Å². The lowest BCUT2D eigenvalue weighted by molar-refractivity contribution is 0.367. The van der Waals surface area contributed by atoms with E-state index in [-0.39, 0.29) is 5.16 Å². The first kappa shape index (κ1) is 15.0. The van der Waals surface area contributed by atoms with Gasteiger partial charge in [0.2, 0.25) is 0 Å². The summed E-state index contributed by atoms with van der Waals surface area (Å²) in [4.78, 5) is 2.32. The molecule has 0 fully saturated rings. The predicted octanol–water partition coefficient (Wildman–Crippen LogP) is 3.18. The maximum Gasteiger partial charge on any atom is 0.296 e. The van der Waals surface area contributed by atoms with Crippen molar-refractivity contribution < 1.29 is 8.42 Å². The molecule has 8 heteroatoms. The molecule has 0 bridgehead atoms. The third-order valence-electron chi connectivity index (χ3n) is 3.49. The Morgan fingerprint density at radius 2 is 2.00 bits per heavy atom. The van der Waals surface area contributed by atoms with E-state index in [2.05, 4.69) is 16.3 Å². The fraction of sp³-hybridized carbons (Fsp3) is 0.538. The molecular weight excluding hydrogens is 330 g/mol. The molecule has 0 spiro atoms. The lowest BCUT2D eigenvalue weighted by Gasteiger charge is -2.23. The van der Waals surface area contributed by atoms with Gasteiger partial charge in [0.15, 0.2) is 5.82 Å². The van der Waals surface area contributed by atoms with Crippen LogP contribution in [-0.4, -0.2) is 23.2 Å².